The maximum absolute atomic E-state index is 12.3. The predicted molar refractivity (Wildman–Crippen MR) is 69.0 cm³/mol. The van der Waals surface area contributed by atoms with Crippen LogP contribution in [0.3, 0.4) is 0 Å². The van der Waals surface area contributed by atoms with Crippen molar-refractivity contribution in [2.75, 3.05) is 26.2 Å². The molecule has 0 aromatic heterocycles. The minimum atomic E-state index is -0.940. The smallest absolute Gasteiger partial charge is 0.329 e. The van der Waals surface area contributed by atoms with Crippen LogP contribution in [0.4, 0.5) is 4.79 Å². The lowest BCUT2D eigenvalue weighted by Crippen LogP contribution is -2.48. The van der Waals surface area contributed by atoms with Crippen molar-refractivity contribution in [2.24, 2.45) is 0 Å². The van der Waals surface area contributed by atoms with Gasteiger partial charge in [0.2, 0.25) is 0 Å². The number of nitrogens with zero attached hydrogens (tertiary/aromatic N) is 2. The molecule has 2 fully saturated rings. The lowest BCUT2D eigenvalue weighted by atomic mass is 10.1. The molecule has 2 amide bonds. The average molecular weight is 270 g/mol. The molecular weight excluding hydrogens is 248 g/mol. The van der Waals surface area contributed by atoms with E-state index in [1.807, 2.05) is 9.80 Å². The van der Waals surface area contributed by atoms with Crippen molar-refractivity contribution < 1.29 is 19.4 Å². The molecule has 2 rings (SSSR count). The molecule has 2 heterocycles. The fraction of sp³-hybridized carbons (Fsp3) is 0.846. The summed E-state index contributed by atoms with van der Waals surface area (Å²) in [5.41, 5.74) is 0. The number of aliphatic carboxylic acids is 1. The molecule has 2 aliphatic rings. The molecule has 0 bridgehead atoms. The largest absolute Gasteiger partial charge is 0.480 e. The van der Waals surface area contributed by atoms with Gasteiger partial charge in [-0.3, -0.25) is 0 Å². The number of hydrogen-bond donors (Lipinski definition) is 1. The Hall–Kier alpha value is -1.30. The summed E-state index contributed by atoms with van der Waals surface area (Å²) in [5, 5.41) is 8.56. The Bertz CT molecular complexity index is 340. The van der Waals surface area contributed by atoms with Crippen molar-refractivity contribution in [3.8, 4) is 0 Å². The summed E-state index contributed by atoms with van der Waals surface area (Å²) in [6.45, 7) is 4.02. The Labute approximate surface area is 113 Å². The number of rotatable bonds is 3. The van der Waals surface area contributed by atoms with Crippen LogP contribution >= 0.6 is 0 Å². The molecule has 2 saturated heterocycles. The lowest BCUT2D eigenvalue weighted by molar-refractivity contribution is -0.145. The van der Waals surface area contributed by atoms with Crippen LogP contribution in [0.15, 0.2) is 0 Å². The van der Waals surface area contributed by atoms with E-state index in [0.29, 0.717) is 19.1 Å². The first-order valence-electron chi connectivity index (χ1n) is 6.97. The van der Waals surface area contributed by atoms with Gasteiger partial charge in [0.1, 0.15) is 6.61 Å². The normalized spacial score (nSPS) is 24.8. The summed E-state index contributed by atoms with van der Waals surface area (Å²) in [7, 11) is 0. The van der Waals surface area contributed by atoms with Gasteiger partial charge in [-0.2, -0.15) is 0 Å². The quantitative estimate of drug-likeness (QED) is 0.835. The van der Waals surface area contributed by atoms with E-state index in [-0.39, 0.29) is 18.7 Å². The van der Waals surface area contributed by atoms with Crippen molar-refractivity contribution in [1.29, 1.82) is 0 Å². The molecule has 1 atom stereocenters. The summed E-state index contributed by atoms with van der Waals surface area (Å²) in [4.78, 5) is 26.5. The molecule has 0 saturated carbocycles. The third kappa shape index (κ3) is 3.59. The fourth-order valence-electron chi connectivity index (χ4n) is 2.80. The second-order valence-electron chi connectivity index (χ2n) is 5.36. The third-order valence-corrected chi connectivity index (χ3v) is 3.95. The van der Waals surface area contributed by atoms with Gasteiger partial charge < -0.3 is 19.6 Å². The van der Waals surface area contributed by atoms with Crippen LogP contribution in [0, 0.1) is 0 Å². The molecule has 0 aromatic carbocycles. The molecule has 1 N–H and O–H groups in total. The second kappa shape index (κ2) is 6.23. The van der Waals surface area contributed by atoms with E-state index >= 15 is 0 Å². The topological polar surface area (TPSA) is 70.1 Å². The molecule has 6 nitrogen and oxygen atoms in total. The molecular formula is C13H22N2O4. The van der Waals surface area contributed by atoms with Crippen molar-refractivity contribution in [3.05, 3.63) is 0 Å². The van der Waals surface area contributed by atoms with Gasteiger partial charge in [-0.15, -0.1) is 0 Å². The fourth-order valence-corrected chi connectivity index (χ4v) is 2.80. The first-order chi connectivity index (χ1) is 9.08. The SMILES string of the molecule is CC1CCCN1C(=O)N1CCC(OCC(=O)O)CC1. The zero-order chi connectivity index (χ0) is 13.8. The van der Waals surface area contributed by atoms with Crippen LogP contribution in [0.25, 0.3) is 0 Å². The monoisotopic (exact) mass is 270 g/mol. The van der Waals surface area contributed by atoms with Crippen molar-refractivity contribution in [2.45, 2.75) is 44.8 Å². The third-order valence-electron chi connectivity index (χ3n) is 3.95. The molecule has 19 heavy (non-hydrogen) atoms. The summed E-state index contributed by atoms with van der Waals surface area (Å²) in [5.74, 6) is -0.940. The summed E-state index contributed by atoms with van der Waals surface area (Å²) in [6, 6.07) is 0.468. The van der Waals surface area contributed by atoms with E-state index in [2.05, 4.69) is 6.92 Å². The van der Waals surface area contributed by atoms with E-state index in [1.54, 1.807) is 0 Å². The summed E-state index contributed by atoms with van der Waals surface area (Å²) >= 11 is 0. The first kappa shape index (κ1) is 14.1. The number of carboxylic acid groups (broad SMARTS) is 1. The number of amides is 2. The first-order valence-corrected chi connectivity index (χ1v) is 6.97. The van der Waals surface area contributed by atoms with Crippen LogP contribution in [-0.2, 0) is 9.53 Å². The number of carbonyl (C=O) groups is 2. The standard InChI is InChI=1S/C13H22N2O4/c1-10-3-2-6-15(10)13(18)14-7-4-11(5-8-14)19-9-12(16)17/h10-11H,2-9H2,1H3,(H,16,17). The number of hydrogen-bond acceptors (Lipinski definition) is 3. The minimum absolute atomic E-state index is 0.0313. The Morgan fingerprint density at radius 2 is 1.89 bits per heavy atom. The predicted octanol–water partition coefficient (Wildman–Crippen LogP) is 1.16. The van der Waals surface area contributed by atoms with Crippen LogP contribution < -0.4 is 0 Å². The van der Waals surface area contributed by atoms with Crippen molar-refractivity contribution in [1.82, 2.24) is 9.80 Å². The molecule has 0 spiro atoms. The second-order valence-corrected chi connectivity index (χ2v) is 5.36. The molecule has 0 radical (unpaired) electrons. The van der Waals surface area contributed by atoms with Gasteiger partial charge in [-0.25, -0.2) is 9.59 Å². The van der Waals surface area contributed by atoms with Gasteiger partial charge in [0, 0.05) is 25.7 Å². The number of piperidine rings is 1. The number of carboxylic acids is 1. The lowest BCUT2D eigenvalue weighted by Gasteiger charge is -2.35. The Kier molecular flexibility index (Phi) is 4.63. The Morgan fingerprint density at radius 1 is 1.21 bits per heavy atom. The summed E-state index contributed by atoms with van der Waals surface area (Å²) < 4.78 is 5.27. The Morgan fingerprint density at radius 3 is 2.42 bits per heavy atom. The van der Waals surface area contributed by atoms with E-state index in [4.69, 9.17) is 9.84 Å². The molecule has 2 aliphatic heterocycles. The minimum Gasteiger partial charge on any atom is -0.480 e. The van der Waals surface area contributed by atoms with Crippen molar-refractivity contribution in [3.63, 3.8) is 0 Å². The van der Waals surface area contributed by atoms with Crippen LogP contribution in [-0.4, -0.2) is 65.3 Å². The highest BCUT2D eigenvalue weighted by atomic mass is 16.5. The highest BCUT2D eigenvalue weighted by Crippen LogP contribution is 2.21. The number of carbonyl (C=O) groups excluding carboxylic acids is 1. The zero-order valence-corrected chi connectivity index (χ0v) is 11.4. The molecule has 0 aliphatic carbocycles. The maximum atomic E-state index is 12.3. The average Bonchev–Trinajstić information content (AvgIpc) is 2.82. The van der Waals surface area contributed by atoms with Gasteiger partial charge in [-0.1, -0.05) is 0 Å². The van der Waals surface area contributed by atoms with Gasteiger partial charge in [0.25, 0.3) is 0 Å². The number of likely N-dealkylation sites (tertiary alicyclic amines) is 2. The Balaban J connectivity index is 1.76. The highest BCUT2D eigenvalue weighted by molar-refractivity contribution is 5.75. The zero-order valence-electron chi connectivity index (χ0n) is 11.4. The van der Waals surface area contributed by atoms with Crippen LogP contribution in [0.1, 0.15) is 32.6 Å². The van der Waals surface area contributed by atoms with E-state index in [0.717, 1.165) is 32.2 Å². The van der Waals surface area contributed by atoms with Gasteiger partial charge in [0.15, 0.2) is 0 Å². The highest BCUT2D eigenvalue weighted by Gasteiger charge is 2.31. The number of ether oxygens (including phenoxy) is 1. The molecule has 0 aromatic rings. The van der Waals surface area contributed by atoms with Gasteiger partial charge >= 0.3 is 12.0 Å². The molecule has 108 valence electrons. The van der Waals surface area contributed by atoms with Crippen LogP contribution in [0.2, 0.25) is 0 Å². The maximum Gasteiger partial charge on any atom is 0.329 e. The summed E-state index contributed by atoms with van der Waals surface area (Å²) in [6.07, 6.45) is 3.59. The van der Waals surface area contributed by atoms with Crippen LogP contribution in [0.5, 0.6) is 0 Å². The molecule has 1 unspecified atom stereocenters. The van der Waals surface area contributed by atoms with E-state index < -0.39 is 5.97 Å². The number of urea groups is 1. The van der Waals surface area contributed by atoms with Crippen molar-refractivity contribution >= 4 is 12.0 Å². The van der Waals surface area contributed by atoms with E-state index in [9.17, 15) is 9.59 Å². The van der Waals surface area contributed by atoms with E-state index in [1.165, 1.54) is 0 Å². The van der Waals surface area contributed by atoms with Gasteiger partial charge in [0.05, 0.1) is 6.10 Å². The molecule has 6 heteroatoms. The van der Waals surface area contributed by atoms with Gasteiger partial charge in [-0.05, 0) is 32.6 Å².